The van der Waals surface area contributed by atoms with Gasteiger partial charge in [-0.3, -0.25) is 0 Å². The molecule has 0 amide bonds. The van der Waals surface area contributed by atoms with Crippen LogP contribution in [0.1, 0.15) is 29.2 Å². The summed E-state index contributed by atoms with van der Waals surface area (Å²) in [4.78, 5) is 0. The molecule has 0 saturated heterocycles. The van der Waals surface area contributed by atoms with E-state index in [0.717, 1.165) is 17.5 Å². The standard InChI is InChI=1S/C11H14FN/c1-7-2-3-8-4-5-10(12)11(13)9(8)6-7/h2-3,6,10-11H,4-5,13H2,1H3/t10-,11+/m1/s1. The van der Waals surface area contributed by atoms with Crippen molar-refractivity contribution in [3.8, 4) is 0 Å². The summed E-state index contributed by atoms with van der Waals surface area (Å²) in [5, 5.41) is 0. The van der Waals surface area contributed by atoms with E-state index in [9.17, 15) is 4.39 Å². The number of nitrogens with two attached hydrogens (primary N) is 1. The molecule has 0 radical (unpaired) electrons. The van der Waals surface area contributed by atoms with E-state index in [0.29, 0.717) is 6.42 Å². The Kier molecular flexibility index (Phi) is 2.08. The maximum atomic E-state index is 13.3. The Bertz CT molecular complexity index is 322. The molecule has 1 aliphatic rings. The molecule has 0 aromatic heterocycles. The van der Waals surface area contributed by atoms with Crippen LogP contribution in [-0.2, 0) is 6.42 Å². The molecule has 1 aliphatic carbocycles. The van der Waals surface area contributed by atoms with E-state index < -0.39 is 12.2 Å². The van der Waals surface area contributed by atoms with Gasteiger partial charge in [-0.25, -0.2) is 4.39 Å². The van der Waals surface area contributed by atoms with E-state index in [-0.39, 0.29) is 0 Å². The van der Waals surface area contributed by atoms with E-state index >= 15 is 0 Å². The number of hydrogen-bond acceptors (Lipinski definition) is 1. The molecule has 70 valence electrons. The van der Waals surface area contributed by atoms with Gasteiger partial charge in [-0.05, 0) is 30.9 Å². The summed E-state index contributed by atoms with van der Waals surface area (Å²) in [6, 6.07) is 5.72. The summed E-state index contributed by atoms with van der Waals surface area (Å²) in [5.41, 5.74) is 9.15. The van der Waals surface area contributed by atoms with Crippen molar-refractivity contribution in [2.24, 2.45) is 5.73 Å². The minimum Gasteiger partial charge on any atom is -0.322 e. The minimum atomic E-state index is -0.866. The Labute approximate surface area is 77.8 Å². The third kappa shape index (κ3) is 1.46. The topological polar surface area (TPSA) is 26.0 Å². The first-order valence-corrected chi connectivity index (χ1v) is 4.67. The Morgan fingerprint density at radius 1 is 1.46 bits per heavy atom. The van der Waals surface area contributed by atoms with Crippen molar-refractivity contribution in [2.75, 3.05) is 0 Å². The second-order valence-electron chi connectivity index (χ2n) is 3.78. The average molecular weight is 179 g/mol. The van der Waals surface area contributed by atoms with Crippen molar-refractivity contribution in [2.45, 2.75) is 32.0 Å². The quantitative estimate of drug-likeness (QED) is 0.649. The van der Waals surface area contributed by atoms with Crippen molar-refractivity contribution >= 4 is 0 Å². The van der Waals surface area contributed by atoms with E-state index in [1.165, 1.54) is 5.56 Å². The first-order valence-electron chi connectivity index (χ1n) is 4.67. The summed E-state index contributed by atoms with van der Waals surface area (Å²) in [6.45, 7) is 2.01. The molecule has 0 bridgehead atoms. The summed E-state index contributed by atoms with van der Waals surface area (Å²) in [7, 11) is 0. The van der Waals surface area contributed by atoms with Crippen molar-refractivity contribution in [1.82, 2.24) is 0 Å². The predicted octanol–water partition coefficient (Wildman–Crippen LogP) is 2.28. The smallest absolute Gasteiger partial charge is 0.120 e. The van der Waals surface area contributed by atoms with Crippen LogP contribution in [0.3, 0.4) is 0 Å². The van der Waals surface area contributed by atoms with Crippen LogP contribution in [0.2, 0.25) is 0 Å². The fraction of sp³-hybridized carbons (Fsp3) is 0.455. The van der Waals surface area contributed by atoms with E-state index in [4.69, 9.17) is 5.73 Å². The van der Waals surface area contributed by atoms with Gasteiger partial charge in [-0.15, -0.1) is 0 Å². The zero-order valence-corrected chi connectivity index (χ0v) is 7.76. The van der Waals surface area contributed by atoms with Gasteiger partial charge in [-0.2, -0.15) is 0 Å². The van der Waals surface area contributed by atoms with Gasteiger partial charge in [0.1, 0.15) is 6.17 Å². The Morgan fingerprint density at radius 3 is 3.00 bits per heavy atom. The molecule has 2 atom stereocenters. The SMILES string of the molecule is Cc1ccc2c(c1)[C@H](N)[C@H](F)CC2. The van der Waals surface area contributed by atoms with Gasteiger partial charge in [0.05, 0.1) is 6.04 Å². The largest absolute Gasteiger partial charge is 0.322 e. The van der Waals surface area contributed by atoms with Gasteiger partial charge in [0.2, 0.25) is 0 Å². The summed E-state index contributed by atoms with van der Waals surface area (Å²) in [6.07, 6.45) is 0.524. The molecule has 1 nitrogen and oxygen atoms in total. The lowest BCUT2D eigenvalue weighted by Crippen LogP contribution is -2.28. The molecule has 0 unspecified atom stereocenters. The zero-order chi connectivity index (χ0) is 9.42. The van der Waals surface area contributed by atoms with Crippen molar-refractivity contribution < 1.29 is 4.39 Å². The Morgan fingerprint density at radius 2 is 2.23 bits per heavy atom. The molecular weight excluding hydrogens is 165 g/mol. The number of rotatable bonds is 0. The molecule has 2 heteroatoms. The molecule has 0 spiro atoms. The molecule has 0 aliphatic heterocycles. The van der Waals surface area contributed by atoms with Gasteiger partial charge in [0.15, 0.2) is 0 Å². The molecule has 0 saturated carbocycles. The van der Waals surface area contributed by atoms with Gasteiger partial charge in [0.25, 0.3) is 0 Å². The average Bonchev–Trinajstić information content (AvgIpc) is 2.12. The summed E-state index contributed by atoms with van der Waals surface area (Å²) in [5.74, 6) is 0. The van der Waals surface area contributed by atoms with Crippen molar-refractivity contribution in [3.05, 3.63) is 34.9 Å². The van der Waals surface area contributed by atoms with Crippen LogP contribution in [-0.4, -0.2) is 6.17 Å². The number of halogens is 1. The number of aryl methyl sites for hydroxylation is 2. The summed E-state index contributed by atoms with van der Waals surface area (Å²) < 4.78 is 13.3. The zero-order valence-electron chi connectivity index (χ0n) is 7.76. The number of fused-ring (bicyclic) bond motifs is 1. The second-order valence-corrected chi connectivity index (χ2v) is 3.78. The van der Waals surface area contributed by atoms with E-state index in [2.05, 4.69) is 12.1 Å². The number of benzene rings is 1. The number of alkyl halides is 1. The van der Waals surface area contributed by atoms with Gasteiger partial charge >= 0.3 is 0 Å². The minimum absolute atomic E-state index is 0.413. The monoisotopic (exact) mass is 179 g/mol. The highest BCUT2D eigenvalue weighted by atomic mass is 19.1. The lowest BCUT2D eigenvalue weighted by molar-refractivity contribution is 0.255. The van der Waals surface area contributed by atoms with Gasteiger partial charge in [0, 0.05) is 0 Å². The molecule has 1 aromatic carbocycles. The highest BCUT2D eigenvalue weighted by Crippen LogP contribution is 2.30. The van der Waals surface area contributed by atoms with Crippen LogP contribution in [0.4, 0.5) is 4.39 Å². The lowest BCUT2D eigenvalue weighted by Gasteiger charge is -2.25. The second kappa shape index (κ2) is 3.11. The Balaban J connectivity index is 2.45. The maximum Gasteiger partial charge on any atom is 0.120 e. The fourth-order valence-corrected chi connectivity index (χ4v) is 1.92. The van der Waals surface area contributed by atoms with E-state index in [1.807, 2.05) is 13.0 Å². The third-order valence-corrected chi connectivity index (χ3v) is 2.74. The molecule has 2 rings (SSSR count). The lowest BCUT2D eigenvalue weighted by atomic mass is 9.86. The maximum absolute atomic E-state index is 13.3. The fourth-order valence-electron chi connectivity index (χ4n) is 1.92. The van der Waals surface area contributed by atoms with Crippen LogP contribution in [0.5, 0.6) is 0 Å². The number of hydrogen-bond donors (Lipinski definition) is 1. The first-order chi connectivity index (χ1) is 6.18. The van der Waals surface area contributed by atoms with Crippen molar-refractivity contribution in [1.29, 1.82) is 0 Å². The normalized spacial score (nSPS) is 27.0. The molecule has 0 fully saturated rings. The molecule has 0 heterocycles. The first kappa shape index (κ1) is 8.70. The highest BCUT2D eigenvalue weighted by Gasteiger charge is 2.25. The van der Waals surface area contributed by atoms with Gasteiger partial charge < -0.3 is 5.73 Å². The van der Waals surface area contributed by atoms with Crippen LogP contribution in [0, 0.1) is 6.92 Å². The van der Waals surface area contributed by atoms with Crippen LogP contribution < -0.4 is 5.73 Å². The van der Waals surface area contributed by atoms with Crippen LogP contribution in [0.15, 0.2) is 18.2 Å². The van der Waals surface area contributed by atoms with Crippen molar-refractivity contribution in [3.63, 3.8) is 0 Å². The molecular formula is C11H14FN. The summed E-state index contributed by atoms with van der Waals surface area (Å²) >= 11 is 0. The third-order valence-electron chi connectivity index (χ3n) is 2.74. The predicted molar refractivity (Wildman–Crippen MR) is 51.3 cm³/mol. The van der Waals surface area contributed by atoms with Gasteiger partial charge in [-0.1, -0.05) is 23.8 Å². The molecule has 13 heavy (non-hydrogen) atoms. The van der Waals surface area contributed by atoms with Crippen LogP contribution >= 0.6 is 0 Å². The molecule has 1 aromatic rings. The molecule has 2 N–H and O–H groups in total. The Hall–Kier alpha value is -0.890. The highest BCUT2D eigenvalue weighted by molar-refractivity contribution is 5.36. The van der Waals surface area contributed by atoms with E-state index in [1.54, 1.807) is 0 Å². The van der Waals surface area contributed by atoms with Crippen LogP contribution in [0.25, 0.3) is 0 Å².